The zero-order valence-corrected chi connectivity index (χ0v) is 11.7. The Hall–Kier alpha value is -0.660. The molecule has 1 saturated heterocycles. The third-order valence-electron chi connectivity index (χ3n) is 2.78. The third-order valence-corrected chi connectivity index (χ3v) is 3.46. The Morgan fingerprint density at radius 2 is 2.41 bits per heavy atom. The highest BCUT2D eigenvalue weighted by molar-refractivity contribution is 14.1. The van der Waals surface area contributed by atoms with E-state index in [4.69, 9.17) is 5.73 Å². The second kappa shape index (κ2) is 5.79. The molecule has 0 radical (unpaired) electrons. The summed E-state index contributed by atoms with van der Waals surface area (Å²) in [7, 11) is 0. The lowest BCUT2D eigenvalue weighted by atomic mass is 10.3. The van der Waals surface area contributed by atoms with Crippen molar-refractivity contribution in [2.45, 2.75) is 12.5 Å². The van der Waals surface area contributed by atoms with Crippen molar-refractivity contribution in [2.75, 3.05) is 25.0 Å². The van der Waals surface area contributed by atoms with Crippen molar-refractivity contribution in [1.82, 2.24) is 4.90 Å². The molecule has 17 heavy (non-hydrogen) atoms. The van der Waals surface area contributed by atoms with Crippen LogP contribution in [0.4, 0.5) is 5.69 Å². The van der Waals surface area contributed by atoms with Crippen LogP contribution >= 0.6 is 22.6 Å². The summed E-state index contributed by atoms with van der Waals surface area (Å²) in [6.45, 7) is 2.17. The van der Waals surface area contributed by atoms with Gasteiger partial charge in [0.15, 0.2) is 0 Å². The Kier molecular flexibility index (Phi) is 4.36. The van der Waals surface area contributed by atoms with E-state index in [0.29, 0.717) is 6.54 Å². The van der Waals surface area contributed by atoms with Gasteiger partial charge < -0.3 is 11.1 Å². The van der Waals surface area contributed by atoms with Crippen LogP contribution in [0.15, 0.2) is 24.3 Å². The first-order valence-corrected chi connectivity index (χ1v) is 6.75. The van der Waals surface area contributed by atoms with Gasteiger partial charge in [-0.1, -0.05) is 6.07 Å². The number of nitrogens with two attached hydrogens (primary N) is 1. The predicted octanol–water partition coefficient (Wildman–Crippen LogP) is 1.26. The number of anilines is 1. The van der Waals surface area contributed by atoms with E-state index in [2.05, 4.69) is 32.8 Å². The number of hydrogen-bond acceptors (Lipinski definition) is 3. The van der Waals surface area contributed by atoms with Gasteiger partial charge in [-0.05, 0) is 47.2 Å². The first kappa shape index (κ1) is 12.8. The summed E-state index contributed by atoms with van der Waals surface area (Å²) in [6.07, 6.45) is 0.983. The molecular formula is C12H16IN3O. The quantitative estimate of drug-likeness (QED) is 0.811. The van der Waals surface area contributed by atoms with Crippen molar-refractivity contribution in [3.63, 3.8) is 0 Å². The van der Waals surface area contributed by atoms with Crippen molar-refractivity contribution in [3.05, 3.63) is 27.8 Å². The van der Waals surface area contributed by atoms with E-state index in [1.807, 2.05) is 24.3 Å². The molecule has 92 valence electrons. The van der Waals surface area contributed by atoms with Crippen molar-refractivity contribution in [1.29, 1.82) is 0 Å². The topological polar surface area (TPSA) is 58.4 Å². The molecule has 1 unspecified atom stereocenters. The van der Waals surface area contributed by atoms with Gasteiger partial charge in [0.2, 0.25) is 5.91 Å². The maximum atomic E-state index is 11.8. The van der Waals surface area contributed by atoms with E-state index in [9.17, 15) is 4.79 Å². The first-order chi connectivity index (χ1) is 8.13. The molecule has 1 amide bonds. The molecule has 5 heteroatoms. The third kappa shape index (κ3) is 3.93. The van der Waals surface area contributed by atoms with E-state index in [-0.39, 0.29) is 11.9 Å². The van der Waals surface area contributed by atoms with Gasteiger partial charge in [0, 0.05) is 28.4 Å². The number of benzene rings is 1. The summed E-state index contributed by atoms with van der Waals surface area (Å²) in [5.74, 6) is 0.0288. The van der Waals surface area contributed by atoms with Gasteiger partial charge in [-0.25, -0.2) is 0 Å². The molecule has 1 aliphatic rings. The van der Waals surface area contributed by atoms with Crippen LogP contribution in [-0.4, -0.2) is 36.5 Å². The van der Waals surface area contributed by atoms with Gasteiger partial charge in [0.1, 0.15) is 0 Å². The average Bonchev–Trinajstić information content (AvgIpc) is 2.63. The maximum Gasteiger partial charge on any atom is 0.238 e. The second-order valence-corrected chi connectivity index (χ2v) is 5.59. The molecule has 0 aliphatic carbocycles. The number of rotatable bonds is 3. The summed E-state index contributed by atoms with van der Waals surface area (Å²) in [6, 6.07) is 8.00. The summed E-state index contributed by atoms with van der Waals surface area (Å²) >= 11 is 2.23. The van der Waals surface area contributed by atoms with Gasteiger partial charge in [-0.3, -0.25) is 9.69 Å². The lowest BCUT2D eigenvalue weighted by Gasteiger charge is -2.14. The SMILES string of the molecule is NC1CCN(CC(=O)Nc2cccc(I)c2)C1. The van der Waals surface area contributed by atoms with Crippen molar-refractivity contribution < 1.29 is 4.79 Å². The van der Waals surface area contributed by atoms with Crippen LogP contribution in [-0.2, 0) is 4.79 Å². The molecule has 1 aliphatic heterocycles. The normalized spacial score (nSPS) is 20.5. The largest absolute Gasteiger partial charge is 0.326 e. The molecule has 2 rings (SSSR count). The fourth-order valence-electron chi connectivity index (χ4n) is 1.98. The molecule has 0 bridgehead atoms. The molecule has 1 atom stereocenters. The van der Waals surface area contributed by atoms with Gasteiger partial charge >= 0.3 is 0 Å². The van der Waals surface area contributed by atoms with E-state index in [1.54, 1.807) is 0 Å². The fourth-order valence-corrected chi connectivity index (χ4v) is 2.52. The highest BCUT2D eigenvalue weighted by Crippen LogP contribution is 2.13. The summed E-state index contributed by atoms with van der Waals surface area (Å²) in [4.78, 5) is 13.9. The van der Waals surface area contributed by atoms with Crippen LogP contribution in [0.5, 0.6) is 0 Å². The number of likely N-dealkylation sites (tertiary alicyclic amines) is 1. The van der Waals surface area contributed by atoms with E-state index >= 15 is 0 Å². The van der Waals surface area contributed by atoms with Crippen LogP contribution in [0, 0.1) is 3.57 Å². The zero-order valence-electron chi connectivity index (χ0n) is 9.53. The maximum absolute atomic E-state index is 11.8. The standard InChI is InChI=1S/C12H16IN3O/c13-9-2-1-3-11(6-9)15-12(17)8-16-5-4-10(14)7-16/h1-3,6,10H,4-5,7-8,14H2,(H,15,17). The van der Waals surface area contributed by atoms with E-state index < -0.39 is 0 Å². The molecule has 1 fully saturated rings. The Balaban J connectivity index is 1.85. The van der Waals surface area contributed by atoms with Crippen LogP contribution in [0.25, 0.3) is 0 Å². The molecule has 1 aromatic carbocycles. The first-order valence-electron chi connectivity index (χ1n) is 5.67. The molecule has 3 N–H and O–H groups in total. The zero-order chi connectivity index (χ0) is 12.3. The Morgan fingerprint density at radius 3 is 3.06 bits per heavy atom. The van der Waals surface area contributed by atoms with Crippen molar-refractivity contribution in [2.24, 2.45) is 5.73 Å². The molecule has 0 spiro atoms. The Bertz CT molecular complexity index is 410. The molecule has 4 nitrogen and oxygen atoms in total. The Labute approximate surface area is 115 Å². The fraction of sp³-hybridized carbons (Fsp3) is 0.417. The highest BCUT2D eigenvalue weighted by atomic mass is 127. The minimum Gasteiger partial charge on any atom is -0.326 e. The second-order valence-electron chi connectivity index (χ2n) is 4.34. The minimum absolute atomic E-state index is 0.0288. The van der Waals surface area contributed by atoms with Gasteiger partial charge in [0.05, 0.1) is 6.54 Å². The Morgan fingerprint density at radius 1 is 1.59 bits per heavy atom. The van der Waals surface area contributed by atoms with Crippen molar-refractivity contribution >= 4 is 34.2 Å². The number of nitrogens with one attached hydrogen (secondary N) is 1. The number of carbonyl (C=O) groups excluding carboxylic acids is 1. The van der Waals surface area contributed by atoms with Crippen molar-refractivity contribution in [3.8, 4) is 0 Å². The van der Waals surface area contributed by atoms with Gasteiger partial charge in [-0.15, -0.1) is 0 Å². The van der Waals surface area contributed by atoms with Crippen LogP contribution < -0.4 is 11.1 Å². The number of halogens is 1. The lowest BCUT2D eigenvalue weighted by molar-refractivity contribution is -0.117. The molecular weight excluding hydrogens is 329 g/mol. The molecule has 1 aromatic rings. The van der Waals surface area contributed by atoms with E-state index in [1.165, 1.54) is 0 Å². The van der Waals surface area contributed by atoms with Gasteiger partial charge in [-0.2, -0.15) is 0 Å². The number of nitrogens with zero attached hydrogens (tertiary/aromatic N) is 1. The van der Waals surface area contributed by atoms with Crippen LogP contribution in [0.1, 0.15) is 6.42 Å². The number of amides is 1. The van der Waals surface area contributed by atoms with Crippen LogP contribution in [0.2, 0.25) is 0 Å². The summed E-state index contributed by atoms with van der Waals surface area (Å²) in [5.41, 5.74) is 6.65. The monoisotopic (exact) mass is 345 g/mol. The van der Waals surface area contributed by atoms with Gasteiger partial charge in [0.25, 0.3) is 0 Å². The molecule has 1 heterocycles. The van der Waals surface area contributed by atoms with E-state index in [0.717, 1.165) is 28.8 Å². The molecule has 0 saturated carbocycles. The predicted molar refractivity (Wildman–Crippen MR) is 76.8 cm³/mol. The summed E-state index contributed by atoms with van der Waals surface area (Å²) in [5, 5.41) is 2.90. The molecule has 0 aromatic heterocycles. The smallest absolute Gasteiger partial charge is 0.238 e. The average molecular weight is 345 g/mol. The number of carbonyl (C=O) groups is 1. The highest BCUT2D eigenvalue weighted by Gasteiger charge is 2.20. The minimum atomic E-state index is 0.0288. The summed E-state index contributed by atoms with van der Waals surface area (Å²) < 4.78 is 1.11. The lowest BCUT2D eigenvalue weighted by Crippen LogP contribution is -2.33. The number of hydrogen-bond donors (Lipinski definition) is 2. The van der Waals surface area contributed by atoms with Crippen LogP contribution in [0.3, 0.4) is 0 Å².